The molecule has 1 atom stereocenters. The first kappa shape index (κ1) is 21.5. The average Bonchev–Trinajstić information content (AvgIpc) is 2.65. The zero-order valence-corrected chi connectivity index (χ0v) is 17.3. The van der Waals surface area contributed by atoms with Crippen LogP contribution in [0.4, 0.5) is 13.2 Å². The molecule has 5 nitrogen and oxygen atoms in total. The van der Waals surface area contributed by atoms with Crippen molar-refractivity contribution in [2.75, 3.05) is 0 Å². The van der Waals surface area contributed by atoms with Crippen molar-refractivity contribution < 1.29 is 31.1 Å². The molecule has 31 heavy (non-hydrogen) atoms. The smallest absolute Gasteiger partial charge is 0.387 e. The van der Waals surface area contributed by atoms with E-state index in [2.05, 4.69) is 4.74 Å². The minimum absolute atomic E-state index is 0.00678. The summed E-state index contributed by atoms with van der Waals surface area (Å²) in [6.07, 6.45) is -0.803. The number of hydrogen-bond acceptors (Lipinski definition) is 4. The zero-order valence-electron chi connectivity index (χ0n) is 15.7. The molecule has 0 radical (unpaired) electrons. The number of rotatable bonds is 5. The number of halogens is 4. The van der Waals surface area contributed by atoms with Gasteiger partial charge in [-0.15, -0.1) is 0 Å². The molecule has 162 valence electrons. The molecule has 0 amide bonds. The first-order chi connectivity index (χ1) is 14.6. The molecule has 3 aromatic rings. The molecular weight excluding hydrogens is 455 g/mol. The highest BCUT2D eigenvalue weighted by Crippen LogP contribution is 2.50. The summed E-state index contributed by atoms with van der Waals surface area (Å²) >= 11 is 6.10. The summed E-state index contributed by atoms with van der Waals surface area (Å²) < 4.78 is 73.7. The Labute approximate surface area is 181 Å². The quantitative estimate of drug-likeness (QED) is 0.569. The number of alkyl halides is 2. The SMILES string of the molecule is NS(=O)(=O)Cc1ccc2c(c1)C(c1cccc(Cl)c1)Oc1cc(F)cc(OC(F)F)c1-2. The Morgan fingerprint density at radius 3 is 2.58 bits per heavy atom. The van der Waals surface area contributed by atoms with Crippen LogP contribution in [0.2, 0.25) is 5.02 Å². The standard InChI is InChI=1S/C21H15ClF3NO4S/c22-13-3-1-2-12(7-13)20-16-6-11(10-31(26,27)28)4-5-15(16)19-17(29-20)8-14(23)9-18(19)30-21(24)25/h1-9,20-21H,10H2,(H2,26,27,28). The highest BCUT2D eigenvalue weighted by atomic mass is 35.5. The van der Waals surface area contributed by atoms with Crippen LogP contribution in [0, 0.1) is 5.82 Å². The van der Waals surface area contributed by atoms with Crippen LogP contribution in [0.5, 0.6) is 11.5 Å². The van der Waals surface area contributed by atoms with Gasteiger partial charge in [0.05, 0.1) is 11.3 Å². The highest BCUT2D eigenvalue weighted by Gasteiger charge is 2.32. The predicted molar refractivity (Wildman–Crippen MR) is 109 cm³/mol. The number of sulfonamides is 1. The molecular formula is C21H15ClF3NO4S. The lowest BCUT2D eigenvalue weighted by molar-refractivity contribution is -0.0497. The van der Waals surface area contributed by atoms with Gasteiger partial charge in [-0.05, 0) is 28.8 Å². The van der Waals surface area contributed by atoms with Crippen LogP contribution in [0.1, 0.15) is 22.8 Å². The highest BCUT2D eigenvalue weighted by molar-refractivity contribution is 7.88. The van der Waals surface area contributed by atoms with Gasteiger partial charge in [0.25, 0.3) is 0 Å². The Bertz CT molecular complexity index is 1270. The van der Waals surface area contributed by atoms with Crippen LogP contribution in [0.15, 0.2) is 54.6 Å². The van der Waals surface area contributed by atoms with Crippen LogP contribution in [0.3, 0.4) is 0 Å². The third kappa shape index (κ3) is 4.63. The van der Waals surface area contributed by atoms with Gasteiger partial charge >= 0.3 is 6.61 Å². The van der Waals surface area contributed by atoms with Crippen molar-refractivity contribution in [2.24, 2.45) is 5.14 Å². The predicted octanol–water partition coefficient (Wildman–Crippen LogP) is 5.02. The summed E-state index contributed by atoms with van der Waals surface area (Å²) in [5.41, 5.74) is 2.02. The first-order valence-corrected chi connectivity index (χ1v) is 11.0. The summed E-state index contributed by atoms with van der Waals surface area (Å²) in [5, 5.41) is 5.59. The van der Waals surface area contributed by atoms with Gasteiger partial charge in [0.2, 0.25) is 10.0 Å². The van der Waals surface area contributed by atoms with Gasteiger partial charge in [0, 0.05) is 22.7 Å². The van der Waals surface area contributed by atoms with E-state index in [4.69, 9.17) is 21.5 Å². The van der Waals surface area contributed by atoms with E-state index in [-0.39, 0.29) is 11.3 Å². The Morgan fingerprint density at radius 1 is 1.13 bits per heavy atom. The molecule has 0 saturated carbocycles. The van der Waals surface area contributed by atoms with Gasteiger partial charge in [-0.2, -0.15) is 8.78 Å². The molecule has 0 fully saturated rings. The van der Waals surface area contributed by atoms with Crippen LogP contribution >= 0.6 is 11.6 Å². The topological polar surface area (TPSA) is 78.6 Å². The molecule has 0 saturated heterocycles. The van der Waals surface area contributed by atoms with Gasteiger partial charge < -0.3 is 9.47 Å². The van der Waals surface area contributed by atoms with Crippen molar-refractivity contribution in [2.45, 2.75) is 18.5 Å². The van der Waals surface area contributed by atoms with Crippen LogP contribution in [-0.2, 0) is 15.8 Å². The lowest BCUT2D eigenvalue weighted by Crippen LogP contribution is -2.19. The molecule has 2 N–H and O–H groups in total. The van der Waals surface area contributed by atoms with Gasteiger partial charge in [-0.25, -0.2) is 17.9 Å². The van der Waals surface area contributed by atoms with Crippen LogP contribution < -0.4 is 14.6 Å². The molecule has 0 spiro atoms. The zero-order chi connectivity index (χ0) is 22.3. The van der Waals surface area contributed by atoms with E-state index in [0.717, 1.165) is 12.1 Å². The fourth-order valence-corrected chi connectivity index (χ4v) is 4.43. The van der Waals surface area contributed by atoms with Crippen molar-refractivity contribution in [3.63, 3.8) is 0 Å². The third-order valence-electron chi connectivity index (χ3n) is 4.68. The molecule has 3 aromatic carbocycles. The number of benzene rings is 3. The van der Waals surface area contributed by atoms with Gasteiger partial charge in [0.1, 0.15) is 23.4 Å². The number of ether oxygens (including phenoxy) is 2. The Kier molecular flexibility index (Phi) is 5.59. The lowest BCUT2D eigenvalue weighted by Gasteiger charge is -2.31. The minimum atomic E-state index is -3.82. The molecule has 0 aliphatic carbocycles. The fourth-order valence-electron chi connectivity index (χ4n) is 3.59. The lowest BCUT2D eigenvalue weighted by atomic mass is 9.88. The molecule has 0 bridgehead atoms. The van der Waals surface area contributed by atoms with E-state index >= 15 is 0 Å². The second-order valence-electron chi connectivity index (χ2n) is 6.94. The van der Waals surface area contributed by atoms with Crippen LogP contribution in [-0.4, -0.2) is 15.0 Å². The van der Waals surface area contributed by atoms with Gasteiger partial charge in [-0.3, -0.25) is 0 Å². The number of primary sulfonamides is 1. The van der Waals surface area contributed by atoms with E-state index in [1.165, 1.54) is 6.07 Å². The van der Waals surface area contributed by atoms with Crippen molar-refractivity contribution in [1.82, 2.24) is 0 Å². The molecule has 0 aromatic heterocycles. The van der Waals surface area contributed by atoms with E-state index in [9.17, 15) is 21.6 Å². The Morgan fingerprint density at radius 2 is 1.90 bits per heavy atom. The van der Waals surface area contributed by atoms with Crippen molar-refractivity contribution in [3.8, 4) is 22.6 Å². The molecule has 1 heterocycles. The Hall–Kier alpha value is -2.75. The monoisotopic (exact) mass is 469 g/mol. The molecule has 1 unspecified atom stereocenters. The summed E-state index contributed by atoms with van der Waals surface area (Å²) in [6.45, 7) is -3.18. The number of hydrogen-bond donors (Lipinski definition) is 1. The summed E-state index contributed by atoms with van der Waals surface area (Å²) in [4.78, 5) is 0. The maximum atomic E-state index is 14.1. The van der Waals surface area contributed by atoms with Gasteiger partial charge in [-0.1, -0.05) is 41.9 Å². The van der Waals surface area contributed by atoms with Gasteiger partial charge in [0.15, 0.2) is 0 Å². The molecule has 1 aliphatic rings. The maximum Gasteiger partial charge on any atom is 0.387 e. The summed E-state index contributed by atoms with van der Waals surface area (Å²) in [6, 6.07) is 13.3. The molecule has 4 rings (SSSR count). The second kappa shape index (κ2) is 8.07. The largest absolute Gasteiger partial charge is 0.480 e. The third-order valence-corrected chi connectivity index (χ3v) is 5.65. The average molecular weight is 470 g/mol. The maximum absolute atomic E-state index is 14.1. The van der Waals surface area contributed by atoms with E-state index in [1.54, 1.807) is 36.4 Å². The molecule has 1 aliphatic heterocycles. The van der Waals surface area contributed by atoms with Crippen molar-refractivity contribution in [3.05, 3.63) is 82.1 Å². The summed E-state index contributed by atoms with van der Waals surface area (Å²) in [5.74, 6) is -1.63. The Balaban J connectivity index is 1.95. The molecule has 10 heteroatoms. The normalized spacial score (nSPS) is 15.2. The summed E-state index contributed by atoms with van der Waals surface area (Å²) in [7, 11) is -3.82. The number of nitrogens with two attached hydrogens (primary N) is 1. The fraction of sp³-hybridized carbons (Fsp3) is 0.143. The van der Waals surface area contributed by atoms with E-state index in [1.807, 2.05) is 0 Å². The van der Waals surface area contributed by atoms with Crippen molar-refractivity contribution in [1.29, 1.82) is 0 Å². The van der Waals surface area contributed by atoms with Crippen LogP contribution in [0.25, 0.3) is 11.1 Å². The van der Waals surface area contributed by atoms with E-state index < -0.39 is 40.1 Å². The first-order valence-electron chi connectivity index (χ1n) is 8.95. The second-order valence-corrected chi connectivity index (χ2v) is 8.99. The number of fused-ring (bicyclic) bond motifs is 3. The van der Waals surface area contributed by atoms with Crippen molar-refractivity contribution >= 4 is 21.6 Å². The van der Waals surface area contributed by atoms with E-state index in [0.29, 0.717) is 27.3 Å². The minimum Gasteiger partial charge on any atom is -0.480 e.